The monoisotopic (exact) mass is 464 g/mol. The number of nitrogens with zero attached hydrogens (tertiary/aromatic N) is 5. The number of benzene rings is 1. The number of rotatable bonds is 3. The number of carbonyl (C=O) groups excluding carboxylic acids is 2. The average molecular weight is 465 g/mol. The van der Waals surface area contributed by atoms with Crippen molar-refractivity contribution in [3.05, 3.63) is 42.2 Å². The van der Waals surface area contributed by atoms with Gasteiger partial charge >= 0.3 is 0 Å². The molecular weight excluding hydrogens is 436 g/mol. The van der Waals surface area contributed by atoms with Gasteiger partial charge < -0.3 is 24.6 Å². The Labute approximate surface area is 197 Å². The Morgan fingerprint density at radius 2 is 2.21 bits per heavy atom. The molecule has 5 rings (SSSR count). The van der Waals surface area contributed by atoms with Crippen molar-refractivity contribution in [1.82, 2.24) is 24.4 Å². The maximum Gasteiger partial charge on any atom is 0.253 e. The number of nitrogens with one attached hydrogen (secondary N) is 1. The number of methoxy groups -OCH3 is 1. The van der Waals surface area contributed by atoms with Crippen molar-refractivity contribution in [2.75, 3.05) is 45.7 Å². The third-order valence-corrected chi connectivity index (χ3v) is 6.53. The quantitative estimate of drug-likeness (QED) is 0.632. The first-order valence-electron chi connectivity index (χ1n) is 11.4. The van der Waals surface area contributed by atoms with Crippen molar-refractivity contribution < 1.29 is 19.1 Å². The minimum Gasteiger partial charge on any atom is -0.475 e. The first kappa shape index (κ1) is 22.1. The Balaban J connectivity index is 1.59. The number of hydrogen-bond donors (Lipinski definition) is 1. The molecule has 4 bridgehead atoms. The van der Waals surface area contributed by atoms with E-state index in [0.29, 0.717) is 49.8 Å². The van der Waals surface area contributed by atoms with Gasteiger partial charge in [0.2, 0.25) is 5.88 Å². The van der Waals surface area contributed by atoms with E-state index in [-0.39, 0.29) is 17.9 Å². The molecular formula is C24H28N6O4. The minimum absolute atomic E-state index is 0.0410. The highest BCUT2D eigenvalue weighted by Gasteiger charge is 2.39. The molecule has 0 aliphatic carbocycles. The van der Waals surface area contributed by atoms with Gasteiger partial charge in [-0.2, -0.15) is 10.1 Å². The summed E-state index contributed by atoms with van der Waals surface area (Å²) < 4.78 is 13.1. The van der Waals surface area contributed by atoms with Crippen molar-refractivity contribution >= 4 is 23.1 Å². The predicted octanol–water partition coefficient (Wildman–Crippen LogP) is 1.91. The standard InChI is InChI=1S/C24H28N6O4/c1-4-28(2)23(31)16-9-15-10-17(11-16)25-6-8-29-18(12-20(33-3)24(29)32)14-34-21-5-7-30-22(27-21)19(15)13-26-30/h5,7,9-11,13,18,20,25H,4,6,8,12,14H2,1-3H3/t18-,20+/m0/s1. The highest BCUT2D eigenvalue weighted by atomic mass is 16.5. The molecule has 0 unspecified atom stereocenters. The Morgan fingerprint density at radius 1 is 1.35 bits per heavy atom. The molecule has 1 aromatic carbocycles. The molecule has 2 amide bonds. The summed E-state index contributed by atoms with van der Waals surface area (Å²) >= 11 is 0. The van der Waals surface area contributed by atoms with E-state index in [0.717, 1.165) is 16.8 Å². The smallest absolute Gasteiger partial charge is 0.253 e. The summed E-state index contributed by atoms with van der Waals surface area (Å²) in [5.41, 5.74) is 3.61. The maximum absolute atomic E-state index is 13.0. The van der Waals surface area contributed by atoms with Crippen LogP contribution in [0.2, 0.25) is 0 Å². The number of amides is 2. The summed E-state index contributed by atoms with van der Waals surface area (Å²) in [4.78, 5) is 34.0. The van der Waals surface area contributed by atoms with Gasteiger partial charge in [-0.25, -0.2) is 4.52 Å². The Kier molecular flexibility index (Phi) is 5.82. The minimum atomic E-state index is -0.474. The molecule has 10 nitrogen and oxygen atoms in total. The van der Waals surface area contributed by atoms with Crippen LogP contribution < -0.4 is 10.1 Å². The van der Waals surface area contributed by atoms with E-state index in [1.165, 1.54) is 0 Å². The van der Waals surface area contributed by atoms with Gasteiger partial charge in [0.25, 0.3) is 11.8 Å². The maximum atomic E-state index is 13.0. The topological polar surface area (TPSA) is 101 Å². The van der Waals surface area contributed by atoms with E-state index >= 15 is 0 Å². The molecule has 2 atom stereocenters. The Hall–Kier alpha value is -3.66. The number of hydrogen-bond acceptors (Lipinski definition) is 7. The first-order chi connectivity index (χ1) is 16.5. The van der Waals surface area contributed by atoms with Crippen LogP contribution >= 0.6 is 0 Å². The fraction of sp³-hybridized carbons (Fsp3) is 0.417. The van der Waals surface area contributed by atoms with Gasteiger partial charge in [-0.15, -0.1) is 0 Å². The van der Waals surface area contributed by atoms with Crippen molar-refractivity contribution in [1.29, 1.82) is 0 Å². The number of carbonyl (C=O) groups is 2. The molecule has 2 aromatic heterocycles. The van der Waals surface area contributed by atoms with Crippen LogP contribution in [-0.2, 0) is 9.53 Å². The lowest BCUT2D eigenvalue weighted by Gasteiger charge is -2.25. The molecule has 178 valence electrons. The molecule has 0 saturated carbocycles. The molecule has 10 heteroatoms. The average Bonchev–Trinajstić information content (AvgIpc) is 3.41. The van der Waals surface area contributed by atoms with Crippen molar-refractivity contribution in [3.8, 4) is 17.0 Å². The summed E-state index contributed by atoms with van der Waals surface area (Å²) in [5.74, 6) is 0.344. The van der Waals surface area contributed by atoms with Gasteiger partial charge in [0.1, 0.15) is 12.7 Å². The second-order valence-electron chi connectivity index (χ2n) is 8.59. The number of anilines is 1. The summed E-state index contributed by atoms with van der Waals surface area (Å²) in [7, 11) is 3.33. The molecule has 0 radical (unpaired) electrons. The lowest BCUT2D eigenvalue weighted by molar-refractivity contribution is -0.136. The lowest BCUT2D eigenvalue weighted by Crippen LogP contribution is -2.41. The van der Waals surface area contributed by atoms with Crippen LogP contribution in [0.5, 0.6) is 5.88 Å². The van der Waals surface area contributed by atoms with Crippen molar-refractivity contribution in [2.24, 2.45) is 0 Å². The van der Waals surface area contributed by atoms with Crippen LogP contribution in [0.3, 0.4) is 0 Å². The second-order valence-corrected chi connectivity index (χ2v) is 8.59. The number of aromatic nitrogens is 3. The van der Waals surface area contributed by atoms with Crippen molar-refractivity contribution in [2.45, 2.75) is 25.5 Å². The fourth-order valence-electron chi connectivity index (χ4n) is 4.50. The largest absolute Gasteiger partial charge is 0.475 e. The van der Waals surface area contributed by atoms with Gasteiger partial charge in [0.05, 0.1) is 12.2 Å². The third kappa shape index (κ3) is 3.94. The second kappa shape index (κ2) is 8.94. The van der Waals surface area contributed by atoms with E-state index in [9.17, 15) is 9.59 Å². The van der Waals surface area contributed by atoms with Gasteiger partial charge in [-0.1, -0.05) is 0 Å². The molecule has 1 saturated heterocycles. The summed E-state index contributed by atoms with van der Waals surface area (Å²) in [6, 6.07) is 7.32. The summed E-state index contributed by atoms with van der Waals surface area (Å²) in [5, 5.41) is 7.82. The van der Waals surface area contributed by atoms with Crippen LogP contribution in [0.1, 0.15) is 23.7 Å². The van der Waals surface area contributed by atoms with E-state index in [1.54, 1.807) is 46.9 Å². The zero-order chi connectivity index (χ0) is 23.8. The molecule has 34 heavy (non-hydrogen) atoms. The van der Waals surface area contributed by atoms with Gasteiger partial charge in [-0.3, -0.25) is 9.59 Å². The third-order valence-electron chi connectivity index (χ3n) is 6.53. The zero-order valence-corrected chi connectivity index (χ0v) is 19.5. The summed E-state index contributed by atoms with van der Waals surface area (Å²) in [6.07, 6.45) is 3.63. The molecule has 1 N–H and O–H groups in total. The molecule has 1 fully saturated rings. The highest BCUT2D eigenvalue weighted by Crippen LogP contribution is 2.30. The molecule has 2 aliphatic rings. The SMILES string of the molecule is CCN(C)C(=O)c1cc2cc(c1)-c1cnn3ccc(nc13)OC[C@@H]1C[C@@H](OC)C(=O)N1CCN2. The van der Waals surface area contributed by atoms with Crippen LogP contribution in [0, 0.1) is 0 Å². The highest BCUT2D eigenvalue weighted by molar-refractivity contribution is 5.97. The molecule has 2 aliphatic heterocycles. The van der Waals surface area contributed by atoms with E-state index < -0.39 is 6.10 Å². The molecule has 0 spiro atoms. The van der Waals surface area contributed by atoms with Gasteiger partial charge in [0.15, 0.2) is 5.65 Å². The van der Waals surface area contributed by atoms with E-state index in [1.807, 2.05) is 25.1 Å². The Bertz CT molecular complexity index is 1240. The number of ether oxygens (including phenoxy) is 2. The molecule has 4 heterocycles. The first-order valence-corrected chi connectivity index (χ1v) is 11.4. The van der Waals surface area contributed by atoms with E-state index in [2.05, 4.69) is 15.4 Å². The van der Waals surface area contributed by atoms with Crippen LogP contribution in [0.25, 0.3) is 16.8 Å². The molecule has 3 aromatic rings. The van der Waals surface area contributed by atoms with Crippen LogP contribution in [0.4, 0.5) is 5.69 Å². The van der Waals surface area contributed by atoms with Crippen LogP contribution in [0.15, 0.2) is 36.7 Å². The fourth-order valence-corrected chi connectivity index (χ4v) is 4.50. The summed E-state index contributed by atoms with van der Waals surface area (Å²) in [6.45, 7) is 3.87. The van der Waals surface area contributed by atoms with Crippen molar-refractivity contribution in [3.63, 3.8) is 0 Å². The zero-order valence-electron chi connectivity index (χ0n) is 19.5. The van der Waals surface area contributed by atoms with Gasteiger partial charge in [-0.05, 0) is 30.7 Å². The lowest BCUT2D eigenvalue weighted by atomic mass is 10.0. The van der Waals surface area contributed by atoms with E-state index in [4.69, 9.17) is 9.47 Å². The number of fused-ring (bicyclic) bond motifs is 5. The van der Waals surface area contributed by atoms with Gasteiger partial charge in [0, 0.05) is 69.3 Å². The predicted molar refractivity (Wildman–Crippen MR) is 126 cm³/mol. The normalized spacial score (nSPS) is 20.0. The Morgan fingerprint density at radius 3 is 3.00 bits per heavy atom. The van der Waals surface area contributed by atoms with Crippen LogP contribution in [-0.4, -0.2) is 88.8 Å².